The van der Waals surface area contributed by atoms with E-state index in [0.717, 1.165) is 46.6 Å². The van der Waals surface area contributed by atoms with E-state index in [4.69, 9.17) is 0 Å². The molecule has 35 heavy (non-hydrogen) atoms. The maximum absolute atomic E-state index is 13.5. The summed E-state index contributed by atoms with van der Waals surface area (Å²) in [6.07, 6.45) is 5.07. The van der Waals surface area contributed by atoms with E-state index in [-0.39, 0.29) is 5.78 Å². The lowest BCUT2D eigenvalue weighted by atomic mass is 9.93. The van der Waals surface area contributed by atoms with E-state index in [0.29, 0.717) is 13.1 Å². The van der Waals surface area contributed by atoms with Gasteiger partial charge in [0.05, 0.1) is 0 Å². The van der Waals surface area contributed by atoms with Gasteiger partial charge in [-0.1, -0.05) is 54.6 Å². The maximum Gasteiger partial charge on any atom is 0.187 e. The van der Waals surface area contributed by atoms with Crippen LogP contribution in [0.25, 0.3) is 12.2 Å². The van der Waals surface area contributed by atoms with Crippen molar-refractivity contribution < 1.29 is 4.79 Å². The Morgan fingerprint density at radius 2 is 1.14 bits per heavy atom. The van der Waals surface area contributed by atoms with Gasteiger partial charge < -0.3 is 9.80 Å². The van der Waals surface area contributed by atoms with Crippen molar-refractivity contribution in [3.05, 3.63) is 107 Å². The highest BCUT2D eigenvalue weighted by atomic mass is 16.1. The number of hydrogen-bond donors (Lipinski definition) is 0. The normalized spacial score (nSPS) is 16.6. The van der Waals surface area contributed by atoms with Crippen molar-refractivity contribution >= 4 is 29.3 Å². The Morgan fingerprint density at radius 1 is 0.686 bits per heavy atom. The molecule has 0 saturated carbocycles. The summed E-state index contributed by atoms with van der Waals surface area (Å²) in [7, 11) is 8.13. The zero-order valence-electron chi connectivity index (χ0n) is 21.2. The van der Waals surface area contributed by atoms with Gasteiger partial charge in [0, 0.05) is 70.3 Å². The Kier molecular flexibility index (Phi) is 7.84. The molecule has 4 rings (SSSR count). The highest BCUT2D eigenvalue weighted by Gasteiger charge is 2.26. The second-order valence-corrected chi connectivity index (χ2v) is 9.59. The molecule has 0 aliphatic carbocycles. The van der Waals surface area contributed by atoms with E-state index in [1.54, 1.807) is 0 Å². The molecular formula is C31H35N3O. The van der Waals surface area contributed by atoms with Gasteiger partial charge in [-0.25, -0.2) is 0 Å². The van der Waals surface area contributed by atoms with Crippen LogP contribution in [0.1, 0.15) is 16.7 Å². The average Bonchev–Trinajstić information content (AvgIpc) is 2.86. The molecule has 0 aromatic heterocycles. The SMILES string of the molecule is CN(C)c1ccc(C=C2CN(CCc3ccccc3)CC(=Cc3ccc(N(C)C)cc3)C2=O)cc1. The van der Waals surface area contributed by atoms with Crippen LogP contribution in [0.15, 0.2) is 90.0 Å². The summed E-state index contributed by atoms with van der Waals surface area (Å²) < 4.78 is 0. The number of anilines is 2. The molecule has 0 unspecified atom stereocenters. The van der Waals surface area contributed by atoms with Gasteiger partial charge in [-0.05, 0) is 59.5 Å². The van der Waals surface area contributed by atoms with Crippen LogP contribution in [0.2, 0.25) is 0 Å². The van der Waals surface area contributed by atoms with Crippen molar-refractivity contribution in [3.8, 4) is 0 Å². The molecule has 0 amide bonds. The lowest BCUT2D eigenvalue weighted by molar-refractivity contribution is -0.113. The monoisotopic (exact) mass is 465 g/mol. The Bertz CT molecular complexity index is 1120. The molecule has 0 bridgehead atoms. The number of benzene rings is 3. The molecule has 1 aliphatic heterocycles. The summed E-state index contributed by atoms with van der Waals surface area (Å²) in [6, 6.07) is 27.3. The molecule has 3 aromatic carbocycles. The number of carbonyl (C=O) groups excluding carboxylic acids is 1. The van der Waals surface area contributed by atoms with E-state index in [9.17, 15) is 4.79 Å². The number of hydrogen-bond acceptors (Lipinski definition) is 4. The first-order chi connectivity index (χ1) is 16.9. The third kappa shape index (κ3) is 6.49. The van der Waals surface area contributed by atoms with Crippen LogP contribution in [-0.2, 0) is 11.2 Å². The molecular weight excluding hydrogens is 430 g/mol. The fourth-order valence-corrected chi connectivity index (χ4v) is 4.34. The van der Waals surface area contributed by atoms with Gasteiger partial charge in [0.25, 0.3) is 0 Å². The third-order valence-electron chi connectivity index (χ3n) is 6.43. The highest BCUT2D eigenvalue weighted by molar-refractivity contribution is 6.14. The van der Waals surface area contributed by atoms with E-state index in [1.807, 2.05) is 34.3 Å². The van der Waals surface area contributed by atoms with Gasteiger partial charge in [-0.15, -0.1) is 0 Å². The minimum absolute atomic E-state index is 0.148. The van der Waals surface area contributed by atoms with Gasteiger partial charge in [0.2, 0.25) is 0 Å². The zero-order valence-corrected chi connectivity index (χ0v) is 21.2. The van der Waals surface area contributed by atoms with Gasteiger partial charge >= 0.3 is 0 Å². The van der Waals surface area contributed by atoms with E-state index in [1.165, 1.54) is 5.56 Å². The quantitative estimate of drug-likeness (QED) is 0.436. The second kappa shape index (κ2) is 11.2. The number of Topliss-reactive ketones (excluding diaryl/α,β-unsaturated/α-hetero) is 1. The predicted octanol–water partition coefficient (Wildman–Crippen LogP) is 5.41. The Hall–Kier alpha value is -3.63. The van der Waals surface area contributed by atoms with Crippen LogP contribution in [0, 0.1) is 0 Å². The largest absolute Gasteiger partial charge is 0.378 e. The Labute approximate surface area is 209 Å². The molecule has 1 fully saturated rings. The Balaban J connectivity index is 1.60. The summed E-state index contributed by atoms with van der Waals surface area (Å²) in [5, 5.41) is 0. The number of piperidine rings is 1. The van der Waals surface area contributed by atoms with Gasteiger partial charge in [0.15, 0.2) is 5.78 Å². The van der Waals surface area contributed by atoms with E-state index < -0.39 is 0 Å². The van der Waals surface area contributed by atoms with E-state index >= 15 is 0 Å². The average molecular weight is 466 g/mol. The van der Waals surface area contributed by atoms with Crippen molar-refractivity contribution in [1.82, 2.24) is 4.90 Å². The van der Waals surface area contributed by atoms with Crippen LogP contribution in [0.5, 0.6) is 0 Å². The molecule has 0 atom stereocenters. The smallest absolute Gasteiger partial charge is 0.187 e. The number of likely N-dealkylation sites (tertiary alicyclic amines) is 1. The summed E-state index contributed by atoms with van der Waals surface area (Å²) in [4.78, 5) is 20.1. The molecule has 4 nitrogen and oxygen atoms in total. The molecule has 180 valence electrons. The minimum atomic E-state index is 0.148. The molecule has 1 aliphatic rings. The van der Waals surface area contributed by atoms with Crippen LogP contribution >= 0.6 is 0 Å². The Morgan fingerprint density at radius 3 is 1.57 bits per heavy atom. The van der Waals surface area contributed by atoms with Crippen LogP contribution < -0.4 is 9.80 Å². The lowest BCUT2D eigenvalue weighted by Gasteiger charge is -2.30. The van der Waals surface area contributed by atoms with Gasteiger partial charge in [-0.2, -0.15) is 0 Å². The standard InChI is InChI=1S/C31H35N3O/c1-32(2)29-14-10-25(11-15-29)20-27-22-34(19-18-24-8-6-5-7-9-24)23-28(31(27)35)21-26-12-16-30(17-13-26)33(3)4/h5-17,20-21H,18-19,22-23H2,1-4H3. The zero-order chi connectivity index (χ0) is 24.8. The van der Waals surface area contributed by atoms with Gasteiger partial charge in [0.1, 0.15) is 0 Å². The molecule has 3 aromatic rings. The summed E-state index contributed by atoms with van der Waals surface area (Å²) >= 11 is 0. The number of carbonyl (C=O) groups is 1. The van der Waals surface area contributed by atoms with Gasteiger partial charge in [-0.3, -0.25) is 9.69 Å². The van der Waals surface area contributed by atoms with Crippen molar-refractivity contribution in [3.63, 3.8) is 0 Å². The fraction of sp³-hybridized carbons (Fsp3) is 0.258. The predicted molar refractivity (Wildman–Crippen MR) is 149 cm³/mol. The highest BCUT2D eigenvalue weighted by Crippen LogP contribution is 2.24. The van der Waals surface area contributed by atoms with Crippen molar-refractivity contribution in [2.75, 3.05) is 57.6 Å². The minimum Gasteiger partial charge on any atom is -0.378 e. The summed E-state index contributed by atoms with van der Waals surface area (Å²) in [5.41, 5.74) is 7.41. The van der Waals surface area contributed by atoms with Crippen LogP contribution in [0.3, 0.4) is 0 Å². The molecule has 0 spiro atoms. The first-order valence-electron chi connectivity index (χ1n) is 12.2. The van der Waals surface area contributed by atoms with Crippen molar-refractivity contribution in [1.29, 1.82) is 0 Å². The van der Waals surface area contributed by atoms with Crippen molar-refractivity contribution in [2.45, 2.75) is 6.42 Å². The number of ketones is 1. The van der Waals surface area contributed by atoms with E-state index in [2.05, 4.69) is 99.6 Å². The number of rotatable bonds is 7. The van der Waals surface area contributed by atoms with Crippen LogP contribution in [-0.4, -0.2) is 58.5 Å². The first kappa shape index (κ1) is 24.5. The van der Waals surface area contributed by atoms with Crippen LogP contribution in [0.4, 0.5) is 11.4 Å². The third-order valence-corrected chi connectivity index (χ3v) is 6.43. The first-order valence-corrected chi connectivity index (χ1v) is 12.2. The number of nitrogens with zero attached hydrogens (tertiary/aromatic N) is 3. The molecule has 1 heterocycles. The summed E-state index contributed by atoms with van der Waals surface area (Å²) in [6.45, 7) is 2.24. The topological polar surface area (TPSA) is 26.8 Å². The molecule has 4 heteroatoms. The lowest BCUT2D eigenvalue weighted by Crippen LogP contribution is -2.38. The molecule has 1 saturated heterocycles. The maximum atomic E-state index is 13.5. The molecule has 0 radical (unpaired) electrons. The second-order valence-electron chi connectivity index (χ2n) is 9.59. The van der Waals surface area contributed by atoms with Crippen molar-refractivity contribution in [2.24, 2.45) is 0 Å². The molecule has 0 N–H and O–H groups in total. The fourth-order valence-electron chi connectivity index (χ4n) is 4.34. The summed E-state index contributed by atoms with van der Waals surface area (Å²) in [5.74, 6) is 0.148.